The summed E-state index contributed by atoms with van der Waals surface area (Å²) in [5.41, 5.74) is 0. The second kappa shape index (κ2) is 8.01. The molecule has 0 fully saturated rings. The largest absolute Gasteiger partial charge is 0.383 e. The Labute approximate surface area is 89.5 Å². The molecule has 0 bridgehead atoms. The third-order valence-corrected chi connectivity index (χ3v) is 2.58. The molecule has 12 heavy (non-hydrogen) atoms. The predicted octanol–water partition coefficient (Wildman–Crippen LogP) is 1.30. The van der Waals surface area contributed by atoms with Crippen LogP contribution in [-0.4, -0.2) is 36.3 Å². The number of amides is 1. The molecule has 0 spiro atoms. The van der Waals surface area contributed by atoms with Gasteiger partial charge in [-0.25, -0.2) is 0 Å². The molecule has 5 heteroatoms. The summed E-state index contributed by atoms with van der Waals surface area (Å²) in [6, 6.07) is 0. The highest BCUT2D eigenvalue weighted by atomic mass is 79.9. The lowest BCUT2D eigenvalue weighted by Crippen LogP contribution is -2.33. The number of hydrogen-bond donors (Lipinski definition) is 1. The number of alkyl halides is 2. The first kappa shape index (κ1) is 12.4. The van der Waals surface area contributed by atoms with Crippen LogP contribution in [-0.2, 0) is 9.53 Å². The van der Waals surface area contributed by atoms with E-state index in [0.717, 1.165) is 11.8 Å². The molecule has 1 amide bonds. The fourth-order valence-corrected chi connectivity index (χ4v) is 2.08. The van der Waals surface area contributed by atoms with Crippen LogP contribution < -0.4 is 5.32 Å². The van der Waals surface area contributed by atoms with Crippen LogP contribution in [0.5, 0.6) is 0 Å². The lowest BCUT2D eigenvalue weighted by molar-refractivity contribution is -0.120. The van der Waals surface area contributed by atoms with Gasteiger partial charge in [-0.05, 0) is 6.42 Å². The molecule has 0 aromatic carbocycles. The second-order valence-electron chi connectivity index (χ2n) is 2.23. The maximum atomic E-state index is 11.2. The van der Waals surface area contributed by atoms with E-state index in [2.05, 4.69) is 37.2 Å². The van der Waals surface area contributed by atoms with Crippen molar-refractivity contribution in [2.45, 2.75) is 11.2 Å². The van der Waals surface area contributed by atoms with Crippen LogP contribution in [0.25, 0.3) is 0 Å². The summed E-state index contributed by atoms with van der Waals surface area (Å²) in [6.07, 6.45) is 0.790. The number of ether oxygens (including phenoxy) is 1. The van der Waals surface area contributed by atoms with Gasteiger partial charge in [-0.1, -0.05) is 31.9 Å². The van der Waals surface area contributed by atoms with E-state index in [0.29, 0.717) is 13.2 Å². The van der Waals surface area contributed by atoms with Crippen molar-refractivity contribution < 1.29 is 9.53 Å². The zero-order chi connectivity index (χ0) is 9.40. The molecular formula is C7H13Br2NO2. The van der Waals surface area contributed by atoms with Crippen molar-refractivity contribution in [2.75, 3.05) is 25.6 Å². The summed E-state index contributed by atoms with van der Waals surface area (Å²) in [5, 5.41) is 3.56. The van der Waals surface area contributed by atoms with E-state index in [1.807, 2.05) is 0 Å². The highest BCUT2D eigenvalue weighted by molar-refractivity contribution is 9.10. The van der Waals surface area contributed by atoms with Gasteiger partial charge in [0.15, 0.2) is 0 Å². The van der Waals surface area contributed by atoms with Gasteiger partial charge >= 0.3 is 0 Å². The molecule has 0 aromatic rings. The Bertz CT molecular complexity index is 133. The fraction of sp³-hybridized carbons (Fsp3) is 0.857. The van der Waals surface area contributed by atoms with E-state index in [-0.39, 0.29) is 10.7 Å². The molecule has 0 aliphatic carbocycles. The van der Waals surface area contributed by atoms with Crippen molar-refractivity contribution in [3.63, 3.8) is 0 Å². The molecule has 72 valence electrons. The van der Waals surface area contributed by atoms with Crippen molar-refractivity contribution in [3.05, 3.63) is 0 Å². The minimum Gasteiger partial charge on any atom is -0.383 e. The first-order chi connectivity index (χ1) is 5.72. The van der Waals surface area contributed by atoms with Crippen LogP contribution in [0.4, 0.5) is 0 Å². The quantitative estimate of drug-likeness (QED) is 0.593. The standard InChI is InChI=1S/C7H13Br2NO2/c1-12-5-4-10-7(11)6(9)2-3-8/h6H,2-5H2,1H3,(H,10,11). The van der Waals surface area contributed by atoms with Gasteiger partial charge in [0.2, 0.25) is 5.91 Å². The summed E-state index contributed by atoms with van der Waals surface area (Å²) in [6.45, 7) is 1.12. The van der Waals surface area contributed by atoms with Gasteiger partial charge < -0.3 is 10.1 Å². The van der Waals surface area contributed by atoms with Crippen LogP contribution in [0, 0.1) is 0 Å². The van der Waals surface area contributed by atoms with Crippen molar-refractivity contribution in [2.24, 2.45) is 0 Å². The Morgan fingerprint density at radius 2 is 2.33 bits per heavy atom. The first-order valence-electron chi connectivity index (χ1n) is 3.69. The van der Waals surface area contributed by atoms with E-state index in [4.69, 9.17) is 4.74 Å². The zero-order valence-corrected chi connectivity index (χ0v) is 10.2. The minimum atomic E-state index is -0.103. The summed E-state index contributed by atoms with van der Waals surface area (Å²) in [5.74, 6) is 0.0199. The molecule has 0 aliphatic rings. The third kappa shape index (κ3) is 5.97. The minimum absolute atomic E-state index is 0.0199. The average Bonchev–Trinajstić information content (AvgIpc) is 2.05. The van der Waals surface area contributed by atoms with Gasteiger partial charge in [0, 0.05) is 19.0 Å². The van der Waals surface area contributed by atoms with Gasteiger partial charge in [0.25, 0.3) is 0 Å². The lowest BCUT2D eigenvalue weighted by Gasteiger charge is -2.08. The average molecular weight is 303 g/mol. The number of rotatable bonds is 6. The first-order valence-corrected chi connectivity index (χ1v) is 5.72. The monoisotopic (exact) mass is 301 g/mol. The van der Waals surface area contributed by atoms with Gasteiger partial charge in [-0.15, -0.1) is 0 Å². The van der Waals surface area contributed by atoms with Gasteiger partial charge in [-0.3, -0.25) is 4.79 Å². The Balaban J connectivity index is 3.43. The van der Waals surface area contributed by atoms with Crippen LogP contribution >= 0.6 is 31.9 Å². The smallest absolute Gasteiger partial charge is 0.233 e. The highest BCUT2D eigenvalue weighted by Crippen LogP contribution is 2.06. The van der Waals surface area contributed by atoms with E-state index in [1.165, 1.54) is 0 Å². The van der Waals surface area contributed by atoms with E-state index in [9.17, 15) is 4.79 Å². The highest BCUT2D eigenvalue weighted by Gasteiger charge is 2.12. The van der Waals surface area contributed by atoms with Gasteiger partial charge in [0.1, 0.15) is 0 Å². The Kier molecular flexibility index (Phi) is 8.27. The Morgan fingerprint density at radius 3 is 2.83 bits per heavy atom. The van der Waals surface area contributed by atoms with Gasteiger partial charge in [-0.2, -0.15) is 0 Å². The zero-order valence-electron chi connectivity index (χ0n) is 6.98. The fourth-order valence-electron chi connectivity index (χ4n) is 0.614. The molecule has 0 aliphatic heterocycles. The SMILES string of the molecule is COCCNC(=O)C(Br)CCBr. The molecular weight excluding hydrogens is 290 g/mol. The molecule has 0 radical (unpaired) electrons. The van der Waals surface area contributed by atoms with E-state index < -0.39 is 0 Å². The molecule has 1 unspecified atom stereocenters. The molecule has 0 rings (SSSR count). The molecule has 1 N–H and O–H groups in total. The van der Waals surface area contributed by atoms with Gasteiger partial charge in [0.05, 0.1) is 11.4 Å². The predicted molar refractivity (Wildman–Crippen MR) is 56.0 cm³/mol. The van der Waals surface area contributed by atoms with Crippen molar-refractivity contribution in [1.82, 2.24) is 5.32 Å². The third-order valence-electron chi connectivity index (χ3n) is 1.25. The van der Waals surface area contributed by atoms with Crippen molar-refractivity contribution >= 4 is 37.8 Å². The summed E-state index contributed by atoms with van der Waals surface area (Å²) < 4.78 is 4.79. The van der Waals surface area contributed by atoms with E-state index in [1.54, 1.807) is 7.11 Å². The van der Waals surface area contributed by atoms with Crippen LogP contribution in [0.3, 0.4) is 0 Å². The molecule has 0 aromatic heterocycles. The number of hydrogen-bond acceptors (Lipinski definition) is 2. The summed E-state index contributed by atoms with van der Waals surface area (Å²) in [7, 11) is 1.61. The Hall–Kier alpha value is 0.390. The molecule has 0 heterocycles. The number of halogens is 2. The van der Waals surface area contributed by atoms with Crippen LogP contribution in [0.2, 0.25) is 0 Å². The molecule has 0 saturated heterocycles. The molecule has 0 saturated carbocycles. The molecule has 3 nitrogen and oxygen atoms in total. The normalized spacial score (nSPS) is 12.6. The second-order valence-corrected chi connectivity index (χ2v) is 4.13. The summed E-state index contributed by atoms with van der Waals surface area (Å²) in [4.78, 5) is 11.1. The maximum absolute atomic E-state index is 11.2. The van der Waals surface area contributed by atoms with Crippen LogP contribution in [0.1, 0.15) is 6.42 Å². The Morgan fingerprint density at radius 1 is 1.67 bits per heavy atom. The number of carbonyl (C=O) groups excluding carboxylic acids is 1. The summed E-state index contributed by atoms with van der Waals surface area (Å²) >= 11 is 6.54. The van der Waals surface area contributed by atoms with Crippen molar-refractivity contribution in [3.8, 4) is 0 Å². The van der Waals surface area contributed by atoms with Crippen molar-refractivity contribution in [1.29, 1.82) is 0 Å². The van der Waals surface area contributed by atoms with Crippen LogP contribution in [0.15, 0.2) is 0 Å². The molecule has 1 atom stereocenters. The number of nitrogens with one attached hydrogen (secondary N) is 1. The lowest BCUT2D eigenvalue weighted by atomic mass is 10.3. The maximum Gasteiger partial charge on any atom is 0.233 e. The number of carbonyl (C=O) groups is 1. The number of methoxy groups -OCH3 is 1. The topological polar surface area (TPSA) is 38.3 Å². The van der Waals surface area contributed by atoms with E-state index >= 15 is 0 Å².